The van der Waals surface area contributed by atoms with Crippen LogP contribution < -0.4 is 5.32 Å². The maximum Gasteiger partial charge on any atom is 0.126 e. The van der Waals surface area contributed by atoms with Gasteiger partial charge in [0.25, 0.3) is 0 Å². The summed E-state index contributed by atoms with van der Waals surface area (Å²) < 4.78 is 14.4. The van der Waals surface area contributed by atoms with Crippen molar-refractivity contribution < 1.29 is 4.39 Å². The molecule has 1 heterocycles. The van der Waals surface area contributed by atoms with Crippen LogP contribution in [0.5, 0.6) is 0 Å². The lowest BCUT2D eigenvalue weighted by molar-refractivity contribution is 0.535. The minimum absolute atomic E-state index is 0.137. The van der Waals surface area contributed by atoms with Crippen LogP contribution in [0.15, 0.2) is 36.4 Å². The molecule has 2 rings (SSSR count). The maximum absolute atomic E-state index is 13.6. The molecule has 0 fully saturated rings. The molecule has 96 valence electrons. The summed E-state index contributed by atoms with van der Waals surface area (Å²) in [4.78, 5) is 1.22. The average Bonchev–Trinajstić information content (AvgIpc) is 2.76. The van der Waals surface area contributed by atoms with Crippen molar-refractivity contribution in [1.29, 1.82) is 0 Å². The second-order valence-electron chi connectivity index (χ2n) is 4.19. The predicted octanol–water partition coefficient (Wildman–Crippen LogP) is 3.91. The number of rotatable bonds is 5. The second-order valence-corrected chi connectivity index (χ2v) is 5.99. The third kappa shape index (κ3) is 3.55. The summed E-state index contributed by atoms with van der Waals surface area (Å²) in [6.07, 6.45) is 1.54. The minimum atomic E-state index is -0.137. The zero-order valence-corrected chi connectivity index (χ0v) is 11.7. The zero-order chi connectivity index (χ0) is 13.0. The molecule has 1 atom stereocenters. The van der Waals surface area contributed by atoms with Crippen LogP contribution in [0.1, 0.15) is 10.4 Å². The first-order valence-electron chi connectivity index (χ1n) is 5.84. The van der Waals surface area contributed by atoms with Gasteiger partial charge in [-0.25, -0.2) is 4.39 Å². The van der Waals surface area contributed by atoms with Crippen molar-refractivity contribution in [2.24, 2.45) is 0 Å². The molecule has 4 heteroatoms. The molecule has 0 aliphatic heterocycles. The van der Waals surface area contributed by atoms with E-state index in [1.54, 1.807) is 17.4 Å². The number of hydrogen-bond acceptors (Lipinski definition) is 2. The van der Waals surface area contributed by atoms with Crippen LogP contribution in [0.3, 0.4) is 0 Å². The van der Waals surface area contributed by atoms with E-state index in [1.807, 2.05) is 31.3 Å². The van der Waals surface area contributed by atoms with Gasteiger partial charge in [-0.05, 0) is 43.7 Å². The number of hydrogen-bond donors (Lipinski definition) is 1. The van der Waals surface area contributed by atoms with Crippen LogP contribution in [0.4, 0.5) is 4.39 Å². The zero-order valence-electron chi connectivity index (χ0n) is 10.1. The Balaban J connectivity index is 2.04. The fourth-order valence-corrected chi connectivity index (χ4v) is 3.08. The highest BCUT2D eigenvalue weighted by molar-refractivity contribution is 7.16. The molecule has 0 radical (unpaired) electrons. The van der Waals surface area contributed by atoms with Gasteiger partial charge in [0, 0.05) is 10.9 Å². The van der Waals surface area contributed by atoms with E-state index in [-0.39, 0.29) is 11.9 Å². The van der Waals surface area contributed by atoms with Crippen LogP contribution in [0.2, 0.25) is 4.34 Å². The molecule has 0 amide bonds. The molecule has 0 bridgehead atoms. The molecule has 1 nitrogen and oxygen atoms in total. The molecule has 1 aromatic heterocycles. The van der Waals surface area contributed by atoms with Crippen molar-refractivity contribution in [3.05, 3.63) is 57.0 Å². The standard InChI is InChI=1S/C14H15ClFNS/c1-17-11(9-12-6-7-14(15)18-12)8-10-4-2-3-5-13(10)16/h2-7,11,17H,8-9H2,1H3. The van der Waals surface area contributed by atoms with Crippen molar-refractivity contribution in [2.75, 3.05) is 7.05 Å². The van der Waals surface area contributed by atoms with Crippen LogP contribution >= 0.6 is 22.9 Å². The number of thiophene rings is 1. The largest absolute Gasteiger partial charge is 0.316 e. The molecule has 2 aromatic rings. The van der Waals surface area contributed by atoms with Crippen molar-refractivity contribution >= 4 is 22.9 Å². The predicted molar refractivity (Wildman–Crippen MR) is 76.0 cm³/mol. The first-order valence-corrected chi connectivity index (χ1v) is 7.03. The summed E-state index contributed by atoms with van der Waals surface area (Å²) in [5.74, 6) is -0.137. The Morgan fingerprint density at radius 2 is 2.00 bits per heavy atom. The molecule has 0 saturated carbocycles. The number of halogens is 2. The van der Waals surface area contributed by atoms with Crippen molar-refractivity contribution in [3.63, 3.8) is 0 Å². The normalized spacial score (nSPS) is 12.6. The summed E-state index contributed by atoms with van der Waals surface area (Å²) in [6, 6.07) is 11.1. The average molecular weight is 284 g/mol. The number of benzene rings is 1. The minimum Gasteiger partial charge on any atom is -0.316 e. The first-order chi connectivity index (χ1) is 8.69. The first kappa shape index (κ1) is 13.5. The number of nitrogens with one attached hydrogen (secondary N) is 1. The van der Waals surface area contributed by atoms with Crippen LogP contribution in [0.25, 0.3) is 0 Å². The lowest BCUT2D eigenvalue weighted by Gasteiger charge is -2.15. The fourth-order valence-electron chi connectivity index (χ4n) is 1.91. The Morgan fingerprint density at radius 1 is 1.22 bits per heavy atom. The van der Waals surface area contributed by atoms with E-state index < -0.39 is 0 Å². The van der Waals surface area contributed by atoms with Gasteiger partial charge in [-0.2, -0.15) is 0 Å². The van der Waals surface area contributed by atoms with E-state index in [1.165, 1.54) is 10.9 Å². The number of likely N-dealkylation sites (N-methyl/N-ethyl adjacent to an activating group) is 1. The quantitative estimate of drug-likeness (QED) is 0.877. The fraction of sp³-hybridized carbons (Fsp3) is 0.286. The van der Waals surface area contributed by atoms with Crippen molar-refractivity contribution in [1.82, 2.24) is 5.32 Å². The summed E-state index contributed by atoms with van der Waals surface area (Å²) in [5.41, 5.74) is 0.750. The third-order valence-corrected chi connectivity index (χ3v) is 4.16. The Morgan fingerprint density at radius 3 is 2.61 bits per heavy atom. The summed E-state index contributed by atoms with van der Waals surface area (Å²) in [6.45, 7) is 0. The van der Waals surface area contributed by atoms with Gasteiger partial charge in [0.15, 0.2) is 0 Å². The van der Waals surface area contributed by atoms with E-state index in [9.17, 15) is 4.39 Å². The topological polar surface area (TPSA) is 12.0 Å². The van der Waals surface area contributed by atoms with Gasteiger partial charge < -0.3 is 5.32 Å². The molecule has 0 aliphatic rings. The SMILES string of the molecule is CNC(Cc1ccc(Cl)s1)Cc1ccccc1F. The highest BCUT2D eigenvalue weighted by atomic mass is 35.5. The van der Waals surface area contributed by atoms with Crippen LogP contribution in [-0.4, -0.2) is 13.1 Å². The van der Waals surface area contributed by atoms with Gasteiger partial charge in [0.05, 0.1) is 4.34 Å². The third-order valence-electron chi connectivity index (χ3n) is 2.91. The molecule has 0 spiro atoms. The summed E-state index contributed by atoms with van der Waals surface area (Å²) >= 11 is 7.49. The van der Waals surface area contributed by atoms with Crippen molar-refractivity contribution in [3.8, 4) is 0 Å². The maximum atomic E-state index is 13.6. The molecule has 1 aromatic carbocycles. The van der Waals surface area contributed by atoms with E-state index in [0.29, 0.717) is 6.42 Å². The molecular weight excluding hydrogens is 269 g/mol. The van der Waals surface area contributed by atoms with E-state index in [4.69, 9.17) is 11.6 Å². The Hall–Kier alpha value is -0.900. The Bertz CT molecular complexity index is 512. The molecule has 1 unspecified atom stereocenters. The van der Waals surface area contributed by atoms with Crippen LogP contribution in [0, 0.1) is 5.82 Å². The molecule has 0 aliphatic carbocycles. The lowest BCUT2D eigenvalue weighted by atomic mass is 10.0. The van der Waals surface area contributed by atoms with E-state index in [0.717, 1.165) is 16.3 Å². The molecular formula is C14H15ClFNS. The summed E-state index contributed by atoms with van der Waals surface area (Å²) in [7, 11) is 1.90. The Kier molecular flexibility index (Phi) is 4.75. The van der Waals surface area contributed by atoms with Gasteiger partial charge in [0.2, 0.25) is 0 Å². The highest BCUT2D eigenvalue weighted by Crippen LogP contribution is 2.23. The molecule has 18 heavy (non-hydrogen) atoms. The van der Waals surface area contributed by atoms with Gasteiger partial charge in [-0.1, -0.05) is 29.8 Å². The van der Waals surface area contributed by atoms with Gasteiger partial charge in [-0.3, -0.25) is 0 Å². The molecule has 1 N–H and O–H groups in total. The van der Waals surface area contributed by atoms with Crippen molar-refractivity contribution in [2.45, 2.75) is 18.9 Å². The molecule has 0 saturated heterocycles. The second kappa shape index (κ2) is 6.32. The van der Waals surface area contributed by atoms with Gasteiger partial charge in [0.1, 0.15) is 5.82 Å². The smallest absolute Gasteiger partial charge is 0.126 e. The Labute approximate surface area is 116 Å². The van der Waals surface area contributed by atoms with E-state index in [2.05, 4.69) is 5.32 Å². The van der Waals surface area contributed by atoms with Crippen LogP contribution in [-0.2, 0) is 12.8 Å². The lowest BCUT2D eigenvalue weighted by Crippen LogP contribution is -2.29. The summed E-state index contributed by atoms with van der Waals surface area (Å²) in [5, 5.41) is 3.23. The van der Waals surface area contributed by atoms with Gasteiger partial charge >= 0.3 is 0 Å². The van der Waals surface area contributed by atoms with E-state index >= 15 is 0 Å². The van der Waals surface area contributed by atoms with Gasteiger partial charge in [-0.15, -0.1) is 11.3 Å². The highest BCUT2D eigenvalue weighted by Gasteiger charge is 2.12. The monoisotopic (exact) mass is 283 g/mol.